The maximum Gasteiger partial charge on any atom is 0.228 e. The molecule has 1 fully saturated rings. The maximum absolute atomic E-state index is 5.71. The van der Waals surface area contributed by atoms with Crippen molar-refractivity contribution in [3.8, 4) is 0 Å². The molecule has 2 rings (SSSR count). The largest absolute Gasteiger partial charge is 0.399 e. The van der Waals surface area contributed by atoms with E-state index in [-0.39, 0.29) is 0 Å². The predicted molar refractivity (Wildman–Crippen MR) is 74.0 cm³/mol. The van der Waals surface area contributed by atoms with Gasteiger partial charge in [0.25, 0.3) is 0 Å². The van der Waals surface area contributed by atoms with Crippen molar-refractivity contribution in [2.45, 2.75) is 12.8 Å². The third-order valence-corrected chi connectivity index (χ3v) is 2.66. The van der Waals surface area contributed by atoms with Gasteiger partial charge in [-0.2, -0.15) is 5.10 Å². The number of nitrogens with one attached hydrogen (secondary N) is 1. The van der Waals surface area contributed by atoms with Crippen molar-refractivity contribution in [3.05, 3.63) is 29.8 Å². The monoisotopic (exact) mass is 246 g/mol. The molecule has 0 amide bonds. The standard InChI is InChI=1S/C12H18N6/c13-11-5-3-4-10(8-11)9-15-16-12(14)17-18-6-1-2-7-18/h3-5,8-9H,1-2,6-7,13H2,(H3,14,16,17). The number of nitrogens with zero attached hydrogens (tertiary/aromatic N) is 3. The molecule has 0 saturated carbocycles. The van der Waals surface area contributed by atoms with Crippen molar-refractivity contribution in [1.82, 2.24) is 10.4 Å². The molecule has 0 aromatic heterocycles. The van der Waals surface area contributed by atoms with Crippen LogP contribution >= 0.6 is 0 Å². The Morgan fingerprint density at radius 2 is 2.11 bits per heavy atom. The first-order chi connectivity index (χ1) is 8.74. The molecule has 1 aromatic rings. The van der Waals surface area contributed by atoms with Crippen molar-refractivity contribution in [2.24, 2.45) is 15.9 Å². The number of guanidine groups is 1. The van der Waals surface area contributed by atoms with E-state index < -0.39 is 0 Å². The fraction of sp³-hybridized carbons (Fsp3) is 0.333. The molecule has 0 radical (unpaired) electrons. The van der Waals surface area contributed by atoms with Crippen LogP contribution in [-0.4, -0.2) is 30.3 Å². The van der Waals surface area contributed by atoms with Crippen LogP contribution < -0.4 is 16.9 Å². The summed E-state index contributed by atoms with van der Waals surface area (Å²) < 4.78 is 0. The van der Waals surface area contributed by atoms with Gasteiger partial charge in [-0.3, -0.25) is 5.43 Å². The van der Waals surface area contributed by atoms with Gasteiger partial charge in [0, 0.05) is 18.8 Å². The molecular formula is C12H18N6. The smallest absolute Gasteiger partial charge is 0.228 e. The summed E-state index contributed by atoms with van der Waals surface area (Å²) in [5.41, 5.74) is 16.0. The SMILES string of the molecule is N/C(=N/N=Cc1cccc(N)c1)NN1CCCC1. The number of rotatable bonds is 3. The molecule has 0 aliphatic carbocycles. The van der Waals surface area contributed by atoms with Gasteiger partial charge in [0.2, 0.25) is 5.96 Å². The quantitative estimate of drug-likeness (QED) is 0.314. The molecule has 1 aliphatic rings. The fourth-order valence-corrected chi connectivity index (χ4v) is 1.81. The lowest BCUT2D eigenvalue weighted by Crippen LogP contribution is -2.44. The van der Waals surface area contributed by atoms with E-state index in [0.29, 0.717) is 11.6 Å². The highest BCUT2D eigenvalue weighted by atomic mass is 15.6. The van der Waals surface area contributed by atoms with Crippen LogP contribution in [-0.2, 0) is 0 Å². The molecule has 6 nitrogen and oxygen atoms in total. The summed E-state index contributed by atoms with van der Waals surface area (Å²) in [4.78, 5) is 0. The first-order valence-electron chi connectivity index (χ1n) is 5.98. The maximum atomic E-state index is 5.71. The Hall–Kier alpha value is -2.08. The van der Waals surface area contributed by atoms with E-state index in [1.165, 1.54) is 12.8 Å². The zero-order chi connectivity index (χ0) is 12.8. The Kier molecular flexibility index (Phi) is 4.14. The molecule has 1 aromatic carbocycles. The summed E-state index contributed by atoms with van der Waals surface area (Å²) in [7, 11) is 0. The van der Waals surface area contributed by atoms with E-state index in [0.717, 1.165) is 18.7 Å². The van der Waals surface area contributed by atoms with Gasteiger partial charge in [-0.25, -0.2) is 5.01 Å². The Morgan fingerprint density at radius 3 is 2.83 bits per heavy atom. The highest BCUT2D eigenvalue weighted by molar-refractivity contribution is 5.82. The molecule has 0 spiro atoms. The number of anilines is 1. The van der Waals surface area contributed by atoms with Crippen LogP contribution in [0.4, 0.5) is 5.69 Å². The average molecular weight is 246 g/mol. The minimum absolute atomic E-state index is 0.303. The summed E-state index contributed by atoms with van der Waals surface area (Å²) in [6.07, 6.45) is 3.99. The highest BCUT2D eigenvalue weighted by Crippen LogP contribution is 2.04. The number of hydrogen-bond donors (Lipinski definition) is 3. The third-order valence-electron chi connectivity index (χ3n) is 2.66. The molecule has 5 N–H and O–H groups in total. The second-order valence-corrected chi connectivity index (χ2v) is 4.21. The highest BCUT2D eigenvalue weighted by Gasteiger charge is 2.10. The molecule has 1 aliphatic heterocycles. The van der Waals surface area contributed by atoms with Gasteiger partial charge in [-0.15, -0.1) is 5.10 Å². The van der Waals surface area contributed by atoms with Crippen LogP contribution in [0.5, 0.6) is 0 Å². The molecule has 0 bridgehead atoms. The fourth-order valence-electron chi connectivity index (χ4n) is 1.81. The van der Waals surface area contributed by atoms with Crippen molar-refractivity contribution in [1.29, 1.82) is 0 Å². The van der Waals surface area contributed by atoms with E-state index in [1.54, 1.807) is 6.21 Å². The zero-order valence-electron chi connectivity index (χ0n) is 10.2. The van der Waals surface area contributed by atoms with Gasteiger partial charge in [0.15, 0.2) is 0 Å². The zero-order valence-corrected chi connectivity index (χ0v) is 10.2. The first kappa shape index (κ1) is 12.4. The summed E-state index contributed by atoms with van der Waals surface area (Å²) in [6.45, 7) is 1.99. The van der Waals surface area contributed by atoms with Gasteiger partial charge in [-0.1, -0.05) is 12.1 Å². The molecule has 1 saturated heterocycles. The lowest BCUT2D eigenvalue weighted by atomic mass is 10.2. The number of benzene rings is 1. The second-order valence-electron chi connectivity index (χ2n) is 4.21. The summed E-state index contributed by atoms with van der Waals surface area (Å²) in [5, 5.41) is 9.84. The van der Waals surface area contributed by atoms with Gasteiger partial charge in [0.05, 0.1) is 6.21 Å². The third kappa shape index (κ3) is 3.74. The van der Waals surface area contributed by atoms with Crippen LogP contribution in [0, 0.1) is 0 Å². The minimum atomic E-state index is 0.303. The van der Waals surface area contributed by atoms with E-state index in [2.05, 4.69) is 15.6 Å². The van der Waals surface area contributed by atoms with Crippen molar-refractivity contribution >= 4 is 17.9 Å². The van der Waals surface area contributed by atoms with Gasteiger partial charge in [-0.05, 0) is 30.5 Å². The molecule has 0 atom stereocenters. The molecule has 18 heavy (non-hydrogen) atoms. The molecule has 6 heteroatoms. The Balaban J connectivity index is 1.88. The Morgan fingerprint density at radius 1 is 1.33 bits per heavy atom. The van der Waals surface area contributed by atoms with Crippen LogP contribution in [0.1, 0.15) is 18.4 Å². The van der Waals surface area contributed by atoms with Gasteiger partial charge in [0.1, 0.15) is 0 Å². The topological polar surface area (TPSA) is 92.0 Å². The number of hydrazine groups is 1. The molecule has 0 unspecified atom stereocenters. The van der Waals surface area contributed by atoms with Crippen molar-refractivity contribution in [3.63, 3.8) is 0 Å². The number of hydrogen-bond acceptors (Lipinski definition) is 4. The molecule has 96 valence electrons. The lowest BCUT2D eigenvalue weighted by molar-refractivity contribution is 0.293. The minimum Gasteiger partial charge on any atom is -0.399 e. The Bertz CT molecular complexity index is 448. The predicted octanol–water partition coefficient (Wildman–Crippen LogP) is 0.518. The van der Waals surface area contributed by atoms with Crippen molar-refractivity contribution < 1.29 is 0 Å². The van der Waals surface area contributed by atoms with Gasteiger partial charge >= 0.3 is 0 Å². The van der Waals surface area contributed by atoms with Crippen LogP contribution in [0.25, 0.3) is 0 Å². The molecular weight excluding hydrogens is 228 g/mol. The van der Waals surface area contributed by atoms with E-state index in [1.807, 2.05) is 29.3 Å². The van der Waals surface area contributed by atoms with Crippen LogP contribution in [0.3, 0.4) is 0 Å². The summed E-state index contributed by atoms with van der Waals surface area (Å²) in [6, 6.07) is 7.42. The Labute approximate surface area is 106 Å². The van der Waals surface area contributed by atoms with E-state index in [4.69, 9.17) is 11.5 Å². The number of nitrogen functional groups attached to an aromatic ring is 1. The lowest BCUT2D eigenvalue weighted by Gasteiger charge is -2.15. The first-order valence-corrected chi connectivity index (χ1v) is 5.98. The van der Waals surface area contributed by atoms with Crippen LogP contribution in [0.2, 0.25) is 0 Å². The normalized spacial score (nSPS) is 17.4. The van der Waals surface area contributed by atoms with E-state index in [9.17, 15) is 0 Å². The summed E-state index contributed by atoms with van der Waals surface area (Å²) >= 11 is 0. The van der Waals surface area contributed by atoms with E-state index >= 15 is 0 Å². The summed E-state index contributed by atoms with van der Waals surface area (Å²) in [5.74, 6) is 0.303. The number of nitrogens with two attached hydrogens (primary N) is 2. The second kappa shape index (κ2) is 6.02. The van der Waals surface area contributed by atoms with Crippen LogP contribution in [0.15, 0.2) is 34.5 Å². The molecule has 1 heterocycles. The van der Waals surface area contributed by atoms with Crippen molar-refractivity contribution in [2.75, 3.05) is 18.8 Å². The average Bonchev–Trinajstić information content (AvgIpc) is 2.82. The van der Waals surface area contributed by atoms with Gasteiger partial charge < -0.3 is 11.5 Å².